The molecule has 18 heavy (non-hydrogen) atoms. The molecule has 2 aromatic rings. The van der Waals surface area contributed by atoms with Crippen LogP contribution in [-0.2, 0) is 12.8 Å². The molecule has 0 fully saturated rings. The van der Waals surface area contributed by atoms with E-state index in [1.807, 2.05) is 16.8 Å². The summed E-state index contributed by atoms with van der Waals surface area (Å²) in [6, 6.07) is 8.21. The molecule has 0 atom stereocenters. The molecule has 3 heteroatoms. The first-order valence-corrected chi connectivity index (χ1v) is 6.54. The zero-order valence-corrected chi connectivity index (χ0v) is 11.3. The van der Waals surface area contributed by atoms with Crippen LogP contribution in [0, 0.1) is 6.92 Å². The fraction of sp³-hybridized carbons (Fsp3) is 0.400. The first kappa shape index (κ1) is 12.7. The molecule has 0 aliphatic rings. The summed E-state index contributed by atoms with van der Waals surface area (Å²) in [4.78, 5) is 0. The molecule has 0 saturated carbocycles. The zero-order valence-electron chi connectivity index (χ0n) is 11.3. The number of nitrogens with zero attached hydrogens (tertiary/aromatic N) is 2. The third kappa shape index (κ3) is 2.26. The third-order valence-electron chi connectivity index (χ3n) is 3.19. The van der Waals surface area contributed by atoms with Gasteiger partial charge >= 0.3 is 0 Å². The summed E-state index contributed by atoms with van der Waals surface area (Å²) < 4.78 is 1.87. The monoisotopic (exact) mass is 244 g/mol. The van der Waals surface area contributed by atoms with Crippen LogP contribution in [-0.4, -0.2) is 14.9 Å². The van der Waals surface area contributed by atoms with Crippen LogP contribution in [0.2, 0.25) is 0 Å². The molecule has 96 valence electrons. The minimum atomic E-state index is 0.168. The molecule has 1 N–H and O–H groups in total. The van der Waals surface area contributed by atoms with Gasteiger partial charge in [-0.15, -0.1) is 5.10 Å². The van der Waals surface area contributed by atoms with Crippen molar-refractivity contribution in [3.05, 3.63) is 41.1 Å². The molecule has 3 nitrogen and oxygen atoms in total. The van der Waals surface area contributed by atoms with Gasteiger partial charge in [-0.1, -0.05) is 38.0 Å². The molecular formula is C15H20N2O. The molecule has 0 unspecified atom stereocenters. The molecule has 0 bridgehead atoms. The summed E-state index contributed by atoms with van der Waals surface area (Å²) in [6.45, 7) is 6.26. The lowest BCUT2D eigenvalue weighted by Gasteiger charge is -2.08. The van der Waals surface area contributed by atoms with Gasteiger partial charge in [0.2, 0.25) is 5.88 Å². The van der Waals surface area contributed by atoms with Crippen LogP contribution < -0.4 is 0 Å². The summed E-state index contributed by atoms with van der Waals surface area (Å²) in [6.07, 6.45) is 2.79. The van der Waals surface area contributed by atoms with E-state index in [0.717, 1.165) is 36.2 Å². The fourth-order valence-corrected chi connectivity index (χ4v) is 2.23. The van der Waals surface area contributed by atoms with Crippen molar-refractivity contribution in [2.75, 3.05) is 0 Å². The van der Waals surface area contributed by atoms with Gasteiger partial charge in [-0.05, 0) is 31.9 Å². The maximum absolute atomic E-state index is 9.92. The van der Waals surface area contributed by atoms with E-state index in [1.165, 1.54) is 5.56 Å². The third-order valence-corrected chi connectivity index (χ3v) is 3.19. The largest absolute Gasteiger partial charge is 0.492 e. The molecule has 1 aromatic heterocycles. The highest BCUT2D eigenvalue weighted by Gasteiger charge is 2.15. The van der Waals surface area contributed by atoms with Gasteiger partial charge in [0, 0.05) is 5.56 Å². The number of benzene rings is 1. The zero-order chi connectivity index (χ0) is 13.1. The second-order valence-electron chi connectivity index (χ2n) is 4.60. The molecule has 1 heterocycles. The summed E-state index contributed by atoms with van der Waals surface area (Å²) in [7, 11) is 0. The molecular weight excluding hydrogens is 224 g/mol. The van der Waals surface area contributed by atoms with E-state index < -0.39 is 0 Å². The van der Waals surface area contributed by atoms with Crippen molar-refractivity contribution in [2.24, 2.45) is 0 Å². The van der Waals surface area contributed by atoms with Gasteiger partial charge in [-0.2, -0.15) is 0 Å². The smallest absolute Gasteiger partial charge is 0.234 e. The number of rotatable bonds is 4. The fourth-order valence-electron chi connectivity index (χ4n) is 2.23. The van der Waals surface area contributed by atoms with Gasteiger partial charge < -0.3 is 5.11 Å². The van der Waals surface area contributed by atoms with Crippen LogP contribution in [0.4, 0.5) is 0 Å². The average molecular weight is 244 g/mol. The Balaban J connectivity index is 2.52. The minimum Gasteiger partial charge on any atom is -0.492 e. The van der Waals surface area contributed by atoms with Gasteiger partial charge in [0.1, 0.15) is 0 Å². The number of aromatic nitrogens is 2. The lowest BCUT2D eigenvalue weighted by molar-refractivity contribution is 0.443. The molecule has 0 radical (unpaired) electrons. The molecule has 0 aliphatic carbocycles. The Hall–Kier alpha value is -1.77. The summed E-state index contributed by atoms with van der Waals surface area (Å²) >= 11 is 0. The SMILES string of the molecule is CCCc1c(CC)c(O)nn1-c1ccc(C)cc1. The summed E-state index contributed by atoms with van der Waals surface area (Å²) in [5.41, 5.74) is 4.33. The van der Waals surface area contributed by atoms with Crippen molar-refractivity contribution in [1.29, 1.82) is 0 Å². The van der Waals surface area contributed by atoms with Crippen LogP contribution in [0.15, 0.2) is 24.3 Å². The van der Waals surface area contributed by atoms with Gasteiger partial charge in [-0.25, -0.2) is 4.68 Å². The molecule has 0 saturated heterocycles. The highest BCUT2D eigenvalue weighted by molar-refractivity contribution is 5.40. The molecule has 0 spiro atoms. The second kappa shape index (κ2) is 5.25. The van der Waals surface area contributed by atoms with Gasteiger partial charge in [0.05, 0.1) is 11.4 Å². The predicted molar refractivity (Wildman–Crippen MR) is 73.3 cm³/mol. The van der Waals surface area contributed by atoms with Gasteiger partial charge in [0.25, 0.3) is 0 Å². The van der Waals surface area contributed by atoms with Gasteiger partial charge in [-0.3, -0.25) is 0 Å². The number of aromatic hydroxyl groups is 1. The topological polar surface area (TPSA) is 38.1 Å². The van der Waals surface area contributed by atoms with E-state index in [1.54, 1.807) is 0 Å². The Kier molecular flexibility index (Phi) is 3.70. The Labute approximate surface area is 108 Å². The second-order valence-corrected chi connectivity index (χ2v) is 4.60. The summed E-state index contributed by atoms with van der Waals surface area (Å²) in [5, 5.41) is 14.2. The van der Waals surface area contributed by atoms with Crippen LogP contribution in [0.5, 0.6) is 5.88 Å². The summed E-state index contributed by atoms with van der Waals surface area (Å²) in [5.74, 6) is 0.168. The van der Waals surface area contributed by atoms with Crippen LogP contribution in [0.25, 0.3) is 5.69 Å². The van der Waals surface area contributed by atoms with E-state index in [9.17, 15) is 5.11 Å². The molecule has 2 rings (SSSR count). The standard InChI is InChI=1S/C15H20N2O/c1-4-6-14-13(5-2)15(18)16-17(14)12-9-7-11(3)8-10-12/h7-10H,4-6H2,1-3H3,(H,16,18). The first-order chi connectivity index (χ1) is 8.67. The van der Waals surface area contributed by atoms with E-state index in [-0.39, 0.29) is 5.88 Å². The minimum absolute atomic E-state index is 0.168. The lowest BCUT2D eigenvalue weighted by atomic mass is 10.1. The van der Waals surface area contributed by atoms with Crippen LogP contribution in [0.3, 0.4) is 0 Å². The van der Waals surface area contributed by atoms with Crippen molar-refractivity contribution in [2.45, 2.75) is 40.0 Å². The molecule has 0 aliphatic heterocycles. The maximum Gasteiger partial charge on any atom is 0.234 e. The van der Waals surface area contributed by atoms with Crippen molar-refractivity contribution < 1.29 is 5.11 Å². The highest BCUT2D eigenvalue weighted by atomic mass is 16.3. The number of hydrogen-bond donors (Lipinski definition) is 1. The lowest BCUT2D eigenvalue weighted by Crippen LogP contribution is -2.03. The normalized spacial score (nSPS) is 10.8. The number of hydrogen-bond acceptors (Lipinski definition) is 2. The molecule has 1 aromatic carbocycles. The van der Waals surface area contributed by atoms with Crippen LogP contribution >= 0.6 is 0 Å². The van der Waals surface area contributed by atoms with Gasteiger partial charge in [0.15, 0.2) is 0 Å². The Morgan fingerprint density at radius 3 is 2.39 bits per heavy atom. The maximum atomic E-state index is 9.92. The average Bonchev–Trinajstić information content (AvgIpc) is 2.67. The highest BCUT2D eigenvalue weighted by Crippen LogP contribution is 2.25. The van der Waals surface area contributed by atoms with E-state index in [2.05, 4.69) is 38.0 Å². The predicted octanol–water partition coefficient (Wildman–Crippen LogP) is 3.40. The Bertz CT molecular complexity index is 526. The van der Waals surface area contributed by atoms with Crippen LogP contribution in [0.1, 0.15) is 37.1 Å². The van der Waals surface area contributed by atoms with Crippen molar-refractivity contribution in [1.82, 2.24) is 9.78 Å². The van der Waals surface area contributed by atoms with Crippen molar-refractivity contribution in [3.63, 3.8) is 0 Å². The van der Waals surface area contributed by atoms with E-state index >= 15 is 0 Å². The van der Waals surface area contributed by atoms with E-state index in [0.29, 0.717) is 0 Å². The first-order valence-electron chi connectivity index (χ1n) is 6.54. The van der Waals surface area contributed by atoms with E-state index in [4.69, 9.17) is 0 Å². The Morgan fingerprint density at radius 1 is 1.17 bits per heavy atom. The quantitative estimate of drug-likeness (QED) is 0.895. The Morgan fingerprint density at radius 2 is 1.83 bits per heavy atom. The van der Waals surface area contributed by atoms with Crippen molar-refractivity contribution >= 4 is 0 Å². The number of aryl methyl sites for hydroxylation is 1. The molecule has 0 amide bonds. The van der Waals surface area contributed by atoms with Crippen molar-refractivity contribution in [3.8, 4) is 11.6 Å².